The van der Waals surface area contributed by atoms with Crippen molar-refractivity contribution in [3.63, 3.8) is 0 Å². The maximum absolute atomic E-state index is 13.0. The van der Waals surface area contributed by atoms with E-state index in [1.165, 1.54) is 37.3 Å². The lowest BCUT2D eigenvalue weighted by atomic mass is 10.1. The molecular formula is C20H20FNO5S. The van der Waals surface area contributed by atoms with Crippen molar-refractivity contribution < 1.29 is 27.1 Å². The van der Waals surface area contributed by atoms with Crippen molar-refractivity contribution in [2.24, 2.45) is 0 Å². The van der Waals surface area contributed by atoms with Gasteiger partial charge in [0.15, 0.2) is 21.3 Å². The van der Waals surface area contributed by atoms with Gasteiger partial charge in [0.2, 0.25) is 5.91 Å². The first kappa shape index (κ1) is 19.9. The number of likely N-dealkylation sites (tertiary alicyclic amines) is 1. The second-order valence-corrected chi connectivity index (χ2v) is 8.54. The van der Waals surface area contributed by atoms with Crippen LogP contribution in [0.5, 0.6) is 11.5 Å². The molecule has 1 heterocycles. The van der Waals surface area contributed by atoms with Crippen LogP contribution < -0.4 is 9.47 Å². The molecule has 8 heteroatoms. The van der Waals surface area contributed by atoms with E-state index in [1.807, 2.05) is 0 Å². The van der Waals surface area contributed by atoms with Gasteiger partial charge in [-0.05, 0) is 48.0 Å². The molecule has 2 aromatic rings. The van der Waals surface area contributed by atoms with Gasteiger partial charge in [0, 0.05) is 19.2 Å². The summed E-state index contributed by atoms with van der Waals surface area (Å²) in [5.74, 6) is 0.360. The Kier molecular flexibility index (Phi) is 5.69. The van der Waals surface area contributed by atoms with E-state index in [1.54, 1.807) is 24.3 Å². The first-order valence-corrected chi connectivity index (χ1v) is 10.1. The zero-order chi connectivity index (χ0) is 20.3. The molecular weight excluding hydrogens is 385 g/mol. The van der Waals surface area contributed by atoms with Crippen LogP contribution in [0.4, 0.5) is 4.39 Å². The summed E-state index contributed by atoms with van der Waals surface area (Å²) in [6, 6.07) is 9.96. The molecule has 2 aromatic carbocycles. The molecule has 28 heavy (non-hydrogen) atoms. The van der Waals surface area contributed by atoms with Gasteiger partial charge >= 0.3 is 0 Å². The summed E-state index contributed by atoms with van der Waals surface area (Å²) in [6.07, 6.45) is 3.02. The highest BCUT2D eigenvalue weighted by Crippen LogP contribution is 2.28. The predicted octanol–water partition coefficient (Wildman–Crippen LogP) is 2.54. The van der Waals surface area contributed by atoms with Crippen LogP contribution in [0.1, 0.15) is 5.56 Å². The fraction of sp³-hybridized carbons (Fsp3) is 0.250. The minimum absolute atomic E-state index is 0.0619. The second kappa shape index (κ2) is 8.02. The molecule has 0 aromatic heterocycles. The molecule has 0 unspecified atom stereocenters. The lowest BCUT2D eigenvalue weighted by Crippen LogP contribution is -2.56. The standard InChI is InChI=1S/C20H20FNO5S/c1-26-18-9-3-14(11-19(18)27-2)4-10-20(23)22-12-17(13-22)28(24,25)16-7-5-15(21)6-8-16/h3-11,17H,12-13H2,1-2H3/b10-4+. The summed E-state index contributed by atoms with van der Waals surface area (Å²) in [5, 5.41) is -0.684. The summed E-state index contributed by atoms with van der Waals surface area (Å²) in [5.41, 5.74) is 0.752. The summed E-state index contributed by atoms with van der Waals surface area (Å²) < 4.78 is 48.4. The second-order valence-electron chi connectivity index (χ2n) is 6.31. The third-order valence-electron chi connectivity index (χ3n) is 4.57. The number of benzene rings is 2. The molecule has 0 spiro atoms. The van der Waals surface area contributed by atoms with Crippen LogP contribution in [0, 0.1) is 5.82 Å². The van der Waals surface area contributed by atoms with E-state index in [0.29, 0.717) is 11.5 Å². The number of nitrogens with zero attached hydrogens (tertiary/aromatic N) is 1. The zero-order valence-electron chi connectivity index (χ0n) is 15.5. The molecule has 0 atom stereocenters. The highest BCUT2D eigenvalue weighted by Gasteiger charge is 2.39. The third kappa shape index (κ3) is 4.01. The average Bonchev–Trinajstić information content (AvgIpc) is 2.65. The number of carbonyl (C=O) groups is 1. The largest absolute Gasteiger partial charge is 0.493 e. The Morgan fingerprint density at radius 2 is 1.71 bits per heavy atom. The number of hydrogen-bond donors (Lipinski definition) is 0. The maximum Gasteiger partial charge on any atom is 0.246 e. The Morgan fingerprint density at radius 1 is 1.07 bits per heavy atom. The van der Waals surface area contributed by atoms with Crippen molar-refractivity contribution in [3.8, 4) is 11.5 Å². The Labute approximate surface area is 163 Å². The molecule has 0 N–H and O–H groups in total. The van der Waals surface area contributed by atoms with E-state index in [4.69, 9.17) is 9.47 Å². The van der Waals surface area contributed by atoms with E-state index in [9.17, 15) is 17.6 Å². The minimum Gasteiger partial charge on any atom is -0.493 e. The number of carbonyl (C=O) groups excluding carboxylic acids is 1. The first-order valence-electron chi connectivity index (χ1n) is 8.53. The lowest BCUT2D eigenvalue weighted by molar-refractivity contribution is -0.128. The molecule has 0 radical (unpaired) electrons. The zero-order valence-corrected chi connectivity index (χ0v) is 16.3. The first-order chi connectivity index (χ1) is 13.3. The van der Waals surface area contributed by atoms with E-state index >= 15 is 0 Å². The van der Waals surface area contributed by atoms with Crippen molar-refractivity contribution in [1.29, 1.82) is 0 Å². The lowest BCUT2D eigenvalue weighted by Gasteiger charge is -2.38. The Morgan fingerprint density at radius 3 is 2.32 bits per heavy atom. The van der Waals surface area contributed by atoms with Crippen LogP contribution in [0.15, 0.2) is 53.4 Å². The smallest absolute Gasteiger partial charge is 0.246 e. The molecule has 148 valence electrons. The third-order valence-corrected chi connectivity index (χ3v) is 6.67. The maximum atomic E-state index is 13.0. The minimum atomic E-state index is -3.58. The molecule has 0 aliphatic carbocycles. The highest BCUT2D eigenvalue weighted by atomic mass is 32.2. The van der Waals surface area contributed by atoms with Gasteiger partial charge in [0.1, 0.15) is 11.1 Å². The van der Waals surface area contributed by atoms with E-state index in [0.717, 1.165) is 17.7 Å². The number of methoxy groups -OCH3 is 2. The van der Waals surface area contributed by atoms with Crippen LogP contribution in [0.3, 0.4) is 0 Å². The van der Waals surface area contributed by atoms with E-state index in [-0.39, 0.29) is 23.9 Å². The molecule has 1 aliphatic rings. The van der Waals surface area contributed by atoms with Crippen molar-refractivity contribution in [3.05, 3.63) is 59.9 Å². The molecule has 0 saturated carbocycles. The van der Waals surface area contributed by atoms with Crippen LogP contribution in [-0.2, 0) is 14.6 Å². The van der Waals surface area contributed by atoms with Crippen LogP contribution in [0.25, 0.3) is 6.08 Å². The molecule has 3 rings (SSSR count). The van der Waals surface area contributed by atoms with Crippen LogP contribution in [-0.4, -0.2) is 51.8 Å². The van der Waals surface area contributed by atoms with Gasteiger partial charge in [-0.15, -0.1) is 0 Å². The number of hydrogen-bond acceptors (Lipinski definition) is 5. The van der Waals surface area contributed by atoms with Gasteiger partial charge in [-0.25, -0.2) is 12.8 Å². The molecule has 1 saturated heterocycles. The molecule has 6 nitrogen and oxygen atoms in total. The Bertz CT molecular complexity index is 996. The molecule has 1 aliphatic heterocycles. The normalized spacial score (nSPS) is 14.8. The van der Waals surface area contributed by atoms with Gasteiger partial charge in [-0.3, -0.25) is 4.79 Å². The number of rotatable bonds is 6. The van der Waals surface area contributed by atoms with E-state index in [2.05, 4.69) is 0 Å². The number of ether oxygens (including phenoxy) is 2. The summed E-state index contributed by atoms with van der Waals surface area (Å²) in [7, 11) is -0.519. The summed E-state index contributed by atoms with van der Waals surface area (Å²) >= 11 is 0. The predicted molar refractivity (Wildman–Crippen MR) is 103 cm³/mol. The van der Waals surface area contributed by atoms with Gasteiger partial charge in [-0.2, -0.15) is 0 Å². The highest BCUT2D eigenvalue weighted by molar-refractivity contribution is 7.92. The van der Waals surface area contributed by atoms with Crippen molar-refractivity contribution in [2.45, 2.75) is 10.1 Å². The van der Waals surface area contributed by atoms with Gasteiger partial charge in [-0.1, -0.05) is 6.07 Å². The summed E-state index contributed by atoms with van der Waals surface area (Å²) in [6.45, 7) is 0.212. The van der Waals surface area contributed by atoms with Gasteiger partial charge < -0.3 is 14.4 Å². The SMILES string of the molecule is COc1ccc(/C=C/C(=O)N2CC(S(=O)(=O)c3ccc(F)cc3)C2)cc1OC. The van der Waals surface area contributed by atoms with Crippen LogP contribution in [0.2, 0.25) is 0 Å². The fourth-order valence-corrected chi connectivity index (χ4v) is 4.51. The number of halogens is 1. The van der Waals surface area contributed by atoms with Gasteiger partial charge in [0.25, 0.3) is 0 Å². The monoisotopic (exact) mass is 405 g/mol. The van der Waals surface area contributed by atoms with E-state index < -0.39 is 20.9 Å². The quantitative estimate of drug-likeness (QED) is 0.546. The van der Waals surface area contributed by atoms with Crippen LogP contribution >= 0.6 is 0 Å². The van der Waals surface area contributed by atoms with Crippen molar-refractivity contribution in [1.82, 2.24) is 4.90 Å². The molecule has 1 amide bonds. The topological polar surface area (TPSA) is 72.9 Å². The molecule has 1 fully saturated rings. The van der Waals surface area contributed by atoms with Crippen molar-refractivity contribution >= 4 is 21.8 Å². The Balaban J connectivity index is 1.62. The fourth-order valence-electron chi connectivity index (χ4n) is 2.86. The Hall–Kier alpha value is -2.87. The van der Waals surface area contributed by atoms with Crippen molar-refractivity contribution in [2.75, 3.05) is 27.3 Å². The average molecular weight is 405 g/mol. The number of amides is 1. The number of sulfone groups is 1. The van der Waals surface area contributed by atoms with Gasteiger partial charge in [0.05, 0.1) is 19.1 Å². The summed E-state index contributed by atoms with van der Waals surface area (Å²) in [4.78, 5) is 13.8. The molecule has 0 bridgehead atoms.